The highest BCUT2D eigenvalue weighted by Crippen LogP contribution is 2.27. The molecule has 128 valence electrons. The summed E-state index contributed by atoms with van der Waals surface area (Å²) in [5.41, 5.74) is 2.68. The lowest BCUT2D eigenvalue weighted by Gasteiger charge is -2.18. The Morgan fingerprint density at radius 1 is 1.25 bits per heavy atom. The van der Waals surface area contributed by atoms with Crippen LogP contribution in [0.1, 0.15) is 29.0 Å². The quantitative estimate of drug-likeness (QED) is 0.812. The number of aromatic nitrogens is 1. The number of hydrogen-bond acceptors (Lipinski definition) is 5. The number of benzene rings is 1. The van der Waals surface area contributed by atoms with E-state index in [0.29, 0.717) is 18.7 Å². The second-order valence-corrected chi connectivity index (χ2v) is 7.56. The molecule has 0 atom stereocenters. The highest BCUT2D eigenvalue weighted by Gasteiger charge is 2.22. The van der Waals surface area contributed by atoms with Gasteiger partial charge in [0.1, 0.15) is 18.1 Å². The molecule has 1 aliphatic heterocycles. The molecule has 0 spiro atoms. The number of nitrogens with one attached hydrogen (secondary N) is 1. The third-order valence-corrected chi connectivity index (χ3v) is 5.54. The van der Waals surface area contributed by atoms with Gasteiger partial charge in [-0.05, 0) is 38.8 Å². The molecule has 6 nitrogen and oxygen atoms in total. The van der Waals surface area contributed by atoms with Crippen LogP contribution in [0.2, 0.25) is 0 Å². The van der Waals surface area contributed by atoms with Gasteiger partial charge in [0.2, 0.25) is 10.0 Å². The molecular formula is C17H20N2O4S. The molecule has 0 unspecified atom stereocenters. The summed E-state index contributed by atoms with van der Waals surface area (Å²) >= 11 is 0. The van der Waals surface area contributed by atoms with Crippen molar-refractivity contribution in [2.24, 2.45) is 0 Å². The van der Waals surface area contributed by atoms with Crippen molar-refractivity contribution < 1.29 is 17.7 Å². The van der Waals surface area contributed by atoms with Crippen molar-refractivity contribution in [3.8, 4) is 5.75 Å². The molecule has 2 heterocycles. The second-order valence-electron chi connectivity index (χ2n) is 5.74. The maximum Gasteiger partial charge on any atom is 0.240 e. The Hall–Kier alpha value is -2.12. The molecular weight excluding hydrogens is 328 g/mol. The summed E-state index contributed by atoms with van der Waals surface area (Å²) in [5.74, 6) is 1.49. The van der Waals surface area contributed by atoms with Gasteiger partial charge in [-0.15, -0.1) is 0 Å². The van der Waals surface area contributed by atoms with Crippen LogP contribution in [0.3, 0.4) is 0 Å². The van der Waals surface area contributed by atoms with Crippen molar-refractivity contribution in [3.63, 3.8) is 0 Å². The molecule has 1 aliphatic rings. The van der Waals surface area contributed by atoms with Crippen molar-refractivity contribution in [3.05, 3.63) is 51.8 Å². The normalized spacial score (nSPS) is 14.0. The SMILES string of the molecule is Cc1noc(C)c1CCCNS(=O)(=O)C1=Cc2ccccc2OC1. The van der Waals surface area contributed by atoms with Crippen molar-refractivity contribution >= 4 is 16.1 Å². The minimum atomic E-state index is -3.54. The van der Waals surface area contributed by atoms with Gasteiger partial charge < -0.3 is 9.26 Å². The smallest absolute Gasteiger partial charge is 0.240 e. The molecule has 1 aromatic carbocycles. The molecule has 0 bridgehead atoms. The fourth-order valence-electron chi connectivity index (χ4n) is 2.67. The zero-order chi connectivity index (χ0) is 17.2. The van der Waals surface area contributed by atoms with Gasteiger partial charge in [0.15, 0.2) is 0 Å². The second kappa shape index (κ2) is 6.78. The van der Waals surface area contributed by atoms with E-state index in [1.54, 1.807) is 6.08 Å². The summed E-state index contributed by atoms with van der Waals surface area (Å²) in [4.78, 5) is 0.249. The molecule has 24 heavy (non-hydrogen) atoms. The van der Waals surface area contributed by atoms with Gasteiger partial charge in [-0.3, -0.25) is 0 Å². The van der Waals surface area contributed by atoms with Gasteiger partial charge in [-0.2, -0.15) is 0 Å². The lowest BCUT2D eigenvalue weighted by atomic mass is 10.1. The van der Waals surface area contributed by atoms with Crippen LogP contribution in [-0.2, 0) is 16.4 Å². The Kier molecular flexibility index (Phi) is 4.73. The first-order valence-corrected chi connectivity index (χ1v) is 9.29. The standard InChI is InChI=1S/C17H20N2O4S/c1-12-16(13(2)23-19-12)7-5-9-18-24(20,21)15-10-14-6-3-4-8-17(14)22-11-15/h3-4,6,8,10,18H,5,7,9,11H2,1-2H3. The third-order valence-electron chi connectivity index (χ3n) is 4.03. The van der Waals surface area contributed by atoms with Gasteiger partial charge in [-0.1, -0.05) is 23.4 Å². The number of fused-ring (bicyclic) bond motifs is 1. The maximum absolute atomic E-state index is 12.4. The van der Waals surface area contributed by atoms with E-state index in [-0.39, 0.29) is 11.5 Å². The molecule has 0 radical (unpaired) electrons. The molecule has 7 heteroatoms. The number of hydrogen-bond donors (Lipinski definition) is 1. The van der Waals surface area contributed by atoms with Gasteiger partial charge in [0.25, 0.3) is 0 Å². The minimum absolute atomic E-state index is 0.0518. The molecule has 2 aromatic rings. The van der Waals surface area contributed by atoms with Gasteiger partial charge in [-0.25, -0.2) is 13.1 Å². The van der Waals surface area contributed by atoms with E-state index >= 15 is 0 Å². The van der Waals surface area contributed by atoms with Crippen LogP contribution in [0.4, 0.5) is 0 Å². The molecule has 1 aromatic heterocycles. The maximum atomic E-state index is 12.4. The van der Waals surface area contributed by atoms with Crippen LogP contribution in [0, 0.1) is 13.8 Å². The average Bonchev–Trinajstić information content (AvgIpc) is 2.90. The number of ether oxygens (including phenoxy) is 1. The summed E-state index contributed by atoms with van der Waals surface area (Å²) in [6.07, 6.45) is 3.06. The van der Waals surface area contributed by atoms with Crippen LogP contribution < -0.4 is 9.46 Å². The molecule has 0 saturated heterocycles. The summed E-state index contributed by atoms with van der Waals surface area (Å²) < 4.78 is 38.1. The Labute approximate surface area is 141 Å². The monoisotopic (exact) mass is 348 g/mol. The van der Waals surface area contributed by atoms with Crippen molar-refractivity contribution in [2.45, 2.75) is 26.7 Å². The summed E-state index contributed by atoms with van der Waals surface area (Å²) in [6.45, 7) is 4.15. The van der Waals surface area contributed by atoms with Crippen LogP contribution in [-0.4, -0.2) is 26.7 Å². The van der Waals surface area contributed by atoms with Crippen LogP contribution in [0.5, 0.6) is 5.75 Å². The van der Waals surface area contributed by atoms with Crippen molar-refractivity contribution in [1.82, 2.24) is 9.88 Å². The Morgan fingerprint density at radius 2 is 2.04 bits per heavy atom. The van der Waals surface area contributed by atoms with Crippen LogP contribution in [0.15, 0.2) is 33.7 Å². The fourth-order valence-corrected chi connectivity index (χ4v) is 3.77. The van der Waals surface area contributed by atoms with E-state index in [1.807, 2.05) is 38.1 Å². The topological polar surface area (TPSA) is 81.4 Å². The highest BCUT2D eigenvalue weighted by molar-refractivity contribution is 7.93. The molecule has 0 amide bonds. The van der Waals surface area contributed by atoms with E-state index in [9.17, 15) is 8.42 Å². The first-order valence-electron chi connectivity index (χ1n) is 7.81. The van der Waals surface area contributed by atoms with Gasteiger partial charge >= 0.3 is 0 Å². The highest BCUT2D eigenvalue weighted by atomic mass is 32.2. The average molecular weight is 348 g/mol. The summed E-state index contributed by atoms with van der Waals surface area (Å²) in [7, 11) is -3.54. The number of nitrogens with zero attached hydrogens (tertiary/aromatic N) is 1. The number of sulfonamides is 1. The molecule has 0 aliphatic carbocycles. The number of rotatable bonds is 6. The lowest BCUT2D eigenvalue weighted by molar-refractivity contribution is 0.353. The van der Waals surface area contributed by atoms with Gasteiger partial charge in [0, 0.05) is 17.7 Å². The van der Waals surface area contributed by atoms with E-state index < -0.39 is 10.0 Å². The molecule has 0 fully saturated rings. The molecule has 0 saturated carbocycles. The predicted octanol–water partition coefficient (Wildman–Crippen LogP) is 2.58. The Bertz CT molecular complexity index is 849. The van der Waals surface area contributed by atoms with Crippen molar-refractivity contribution in [1.29, 1.82) is 0 Å². The fraction of sp³-hybridized carbons (Fsp3) is 0.353. The first kappa shape index (κ1) is 16.7. The summed E-state index contributed by atoms with van der Waals surface area (Å²) in [6, 6.07) is 7.37. The van der Waals surface area contributed by atoms with Gasteiger partial charge in [0.05, 0.1) is 10.6 Å². The minimum Gasteiger partial charge on any atom is -0.487 e. The predicted molar refractivity (Wildman–Crippen MR) is 91.1 cm³/mol. The zero-order valence-corrected chi connectivity index (χ0v) is 14.5. The Morgan fingerprint density at radius 3 is 2.79 bits per heavy atom. The zero-order valence-electron chi connectivity index (χ0n) is 13.7. The van der Waals surface area contributed by atoms with Crippen LogP contribution >= 0.6 is 0 Å². The third kappa shape index (κ3) is 3.52. The summed E-state index contributed by atoms with van der Waals surface area (Å²) in [5, 5.41) is 3.90. The van der Waals surface area contributed by atoms with Crippen molar-refractivity contribution in [2.75, 3.05) is 13.2 Å². The number of para-hydroxylation sites is 1. The van der Waals surface area contributed by atoms with E-state index in [1.165, 1.54) is 0 Å². The number of aryl methyl sites for hydroxylation is 2. The molecule has 1 N–H and O–H groups in total. The van der Waals surface area contributed by atoms with E-state index in [2.05, 4.69) is 9.88 Å². The largest absolute Gasteiger partial charge is 0.487 e. The van der Waals surface area contributed by atoms with Crippen LogP contribution in [0.25, 0.3) is 6.08 Å². The Balaban J connectivity index is 1.60. The first-order chi connectivity index (χ1) is 11.5. The molecule has 3 rings (SSSR count). The van der Waals surface area contributed by atoms with E-state index in [4.69, 9.17) is 9.26 Å². The van der Waals surface area contributed by atoms with E-state index in [0.717, 1.165) is 29.0 Å². The lowest BCUT2D eigenvalue weighted by Crippen LogP contribution is -2.29.